The molecule has 0 fully saturated rings. The molecule has 2 nitrogen and oxygen atoms in total. The van der Waals surface area contributed by atoms with Crippen LogP contribution in [0.15, 0.2) is 0 Å². The van der Waals surface area contributed by atoms with Gasteiger partial charge >= 0.3 is 0 Å². The second kappa shape index (κ2) is 30.6. The topological polar surface area (TPSA) is 37.3 Å². The molecule has 0 rings (SSSR count). The zero-order chi connectivity index (χ0) is 24.1. The van der Waals surface area contributed by atoms with Crippen LogP contribution in [0.25, 0.3) is 0 Å². The molecule has 32 heavy (non-hydrogen) atoms. The summed E-state index contributed by atoms with van der Waals surface area (Å²) in [5.74, 6) is 0.343. The Hall–Kier alpha value is -0.370. The van der Waals surface area contributed by atoms with E-state index in [-0.39, 0.29) is 6.10 Å². The molecule has 0 spiro atoms. The first kappa shape index (κ1) is 33.8. The fourth-order valence-corrected chi connectivity index (χ4v) is 4.14. The highest BCUT2D eigenvalue weighted by atomic mass is 16.3. The maximum atomic E-state index is 10.7. The molecule has 1 unspecified atom stereocenters. The normalized spacial score (nSPS) is 11.8. The largest absolute Gasteiger partial charge is 0.393 e. The monoisotopic (exact) mass is 454 g/mol. The fourth-order valence-electron chi connectivity index (χ4n) is 4.14. The van der Waals surface area contributed by atoms with Crippen LogP contribution in [0.3, 0.4) is 0 Å². The number of aliphatic hydroxyl groups is 1. The van der Waals surface area contributed by atoms with Gasteiger partial charge < -0.3 is 9.90 Å². The standard InChI is InChI=1S/C15H32O.C15H30O/c2*1-3-4-5-6-7-8-9-10-11-12-13-14-15(2)16/h15-16H,3-14H2,1-2H3;3-14H2,1-2H3. The zero-order valence-electron chi connectivity index (χ0n) is 22.9. The van der Waals surface area contributed by atoms with E-state index >= 15 is 0 Å². The lowest BCUT2D eigenvalue weighted by Crippen LogP contribution is -1.98. The summed E-state index contributed by atoms with van der Waals surface area (Å²) in [6.45, 7) is 8.11. The highest BCUT2D eigenvalue weighted by molar-refractivity contribution is 5.75. The minimum atomic E-state index is -0.0986. The number of aliphatic hydroxyl groups excluding tert-OH is 1. The summed E-state index contributed by atoms with van der Waals surface area (Å²) in [6.07, 6.45) is 31.7. The number of hydrogen-bond acceptors (Lipinski definition) is 2. The molecule has 0 aliphatic rings. The van der Waals surface area contributed by atoms with Gasteiger partial charge in [0, 0.05) is 6.42 Å². The molecule has 0 aromatic rings. The molecule has 0 aliphatic heterocycles. The number of rotatable bonds is 24. The van der Waals surface area contributed by atoms with Crippen LogP contribution in [-0.4, -0.2) is 17.0 Å². The number of ketones is 1. The predicted octanol–water partition coefficient (Wildman–Crippen LogP) is 10.3. The van der Waals surface area contributed by atoms with Gasteiger partial charge in [-0.15, -0.1) is 0 Å². The molecule has 194 valence electrons. The molecule has 0 bridgehead atoms. The van der Waals surface area contributed by atoms with Crippen molar-refractivity contribution in [3.63, 3.8) is 0 Å². The van der Waals surface area contributed by atoms with Crippen molar-refractivity contribution >= 4 is 5.78 Å². The first-order valence-corrected chi connectivity index (χ1v) is 14.7. The van der Waals surface area contributed by atoms with Gasteiger partial charge in [0.25, 0.3) is 0 Å². The molecular formula is C30H62O2. The smallest absolute Gasteiger partial charge is 0.129 e. The minimum absolute atomic E-state index is 0.0986. The molecule has 0 aromatic carbocycles. The van der Waals surface area contributed by atoms with Gasteiger partial charge in [-0.1, -0.05) is 149 Å². The van der Waals surface area contributed by atoms with Gasteiger partial charge in [-0.2, -0.15) is 0 Å². The lowest BCUT2D eigenvalue weighted by Gasteiger charge is -2.04. The summed E-state index contributed by atoms with van der Waals surface area (Å²) >= 11 is 0. The van der Waals surface area contributed by atoms with Crippen LogP contribution in [0.5, 0.6) is 0 Å². The highest BCUT2D eigenvalue weighted by Crippen LogP contribution is 2.13. The Morgan fingerprint density at radius 1 is 0.531 bits per heavy atom. The maximum Gasteiger partial charge on any atom is 0.129 e. The molecule has 0 saturated carbocycles. The molecule has 0 radical (unpaired) electrons. The first-order valence-electron chi connectivity index (χ1n) is 14.7. The quantitative estimate of drug-likeness (QED) is 0.147. The van der Waals surface area contributed by atoms with Crippen molar-refractivity contribution in [3.05, 3.63) is 0 Å². The van der Waals surface area contributed by atoms with E-state index in [2.05, 4.69) is 13.8 Å². The third-order valence-electron chi connectivity index (χ3n) is 6.36. The fraction of sp³-hybridized carbons (Fsp3) is 0.967. The van der Waals surface area contributed by atoms with E-state index in [1.807, 2.05) is 6.92 Å². The van der Waals surface area contributed by atoms with Crippen LogP contribution < -0.4 is 0 Å². The zero-order valence-corrected chi connectivity index (χ0v) is 22.9. The van der Waals surface area contributed by atoms with Gasteiger partial charge in [0.2, 0.25) is 0 Å². The Morgan fingerprint density at radius 3 is 1.09 bits per heavy atom. The minimum Gasteiger partial charge on any atom is -0.393 e. The van der Waals surface area contributed by atoms with E-state index in [0.29, 0.717) is 5.78 Å². The number of hydrogen-bond donors (Lipinski definition) is 1. The van der Waals surface area contributed by atoms with Crippen LogP contribution in [-0.2, 0) is 4.79 Å². The molecule has 0 saturated heterocycles. The maximum absolute atomic E-state index is 10.7. The van der Waals surface area contributed by atoms with Crippen molar-refractivity contribution in [2.75, 3.05) is 0 Å². The van der Waals surface area contributed by atoms with Gasteiger partial charge in [0.1, 0.15) is 5.78 Å². The van der Waals surface area contributed by atoms with Gasteiger partial charge in [0.05, 0.1) is 6.10 Å². The number of carbonyl (C=O) groups is 1. The Kier molecular flexibility index (Phi) is 32.4. The van der Waals surface area contributed by atoms with E-state index < -0.39 is 0 Å². The molecule has 0 aromatic heterocycles. The third kappa shape index (κ3) is 37.0. The van der Waals surface area contributed by atoms with Crippen LogP contribution >= 0.6 is 0 Å². The van der Waals surface area contributed by atoms with Gasteiger partial charge in [-0.25, -0.2) is 0 Å². The van der Waals surface area contributed by atoms with Crippen molar-refractivity contribution in [1.29, 1.82) is 0 Å². The van der Waals surface area contributed by atoms with Crippen molar-refractivity contribution in [2.45, 2.75) is 188 Å². The third-order valence-corrected chi connectivity index (χ3v) is 6.36. The SMILES string of the molecule is CCCCCCCCCCCCCC(C)=O.CCCCCCCCCCCCCC(C)O. The summed E-state index contributed by atoms with van der Waals surface area (Å²) < 4.78 is 0. The predicted molar refractivity (Wildman–Crippen MR) is 145 cm³/mol. The van der Waals surface area contributed by atoms with Gasteiger partial charge in [0.15, 0.2) is 0 Å². The van der Waals surface area contributed by atoms with Gasteiger partial charge in [-0.3, -0.25) is 0 Å². The number of unbranched alkanes of at least 4 members (excludes halogenated alkanes) is 20. The summed E-state index contributed by atoms with van der Waals surface area (Å²) in [6, 6.07) is 0. The molecule has 0 heterocycles. The summed E-state index contributed by atoms with van der Waals surface area (Å²) in [4.78, 5) is 10.7. The Morgan fingerprint density at radius 2 is 0.812 bits per heavy atom. The average molecular weight is 455 g/mol. The molecule has 0 amide bonds. The summed E-state index contributed by atoms with van der Waals surface area (Å²) in [7, 11) is 0. The molecule has 0 aliphatic carbocycles. The summed E-state index contributed by atoms with van der Waals surface area (Å²) in [5.41, 5.74) is 0. The number of carbonyl (C=O) groups excluding carboxylic acids is 1. The van der Waals surface area contributed by atoms with E-state index in [4.69, 9.17) is 5.11 Å². The van der Waals surface area contributed by atoms with Crippen LogP contribution in [0.1, 0.15) is 182 Å². The Labute approximate surface area is 203 Å². The van der Waals surface area contributed by atoms with E-state index in [9.17, 15) is 4.79 Å². The van der Waals surface area contributed by atoms with Crippen LogP contribution in [0, 0.1) is 0 Å². The van der Waals surface area contributed by atoms with E-state index in [1.54, 1.807) is 6.92 Å². The van der Waals surface area contributed by atoms with Crippen molar-refractivity contribution in [1.82, 2.24) is 0 Å². The molecule has 2 heteroatoms. The van der Waals surface area contributed by atoms with Crippen molar-refractivity contribution in [3.8, 4) is 0 Å². The first-order chi connectivity index (χ1) is 15.5. The van der Waals surface area contributed by atoms with Crippen molar-refractivity contribution in [2.24, 2.45) is 0 Å². The Bertz CT molecular complexity index is 338. The van der Waals surface area contributed by atoms with Crippen LogP contribution in [0.4, 0.5) is 0 Å². The molecule has 1 N–H and O–H groups in total. The van der Waals surface area contributed by atoms with Gasteiger partial charge in [-0.05, 0) is 26.7 Å². The Balaban J connectivity index is 0. The highest BCUT2D eigenvalue weighted by Gasteiger charge is 1.96. The lowest BCUT2D eigenvalue weighted by molar-refractivity contribution is -0.117. The molecule has 1 atom stereocenters. The number of Topliss-reactive ketones (excluding diaryl/α,β-unsaturated/α-hetero) is 1. The molecular weight excluding hydrogens is 392 g/mol. The lowest BCUT2D eigenvalue weighted by atomic mass is 10.0. The second-order valence-corrected chi connectivity index (χ2v) is 10.2. The van der Waals surface area contributed by atoms with Crippen LogP contribution in [0.2, 0.25) is 0 Å². The van der Waals surface area contributed by atoms with Crippen molar-refractivity contribution < 1.29 is 9.90 Å². The van der Waals surface area contributed by atoms with E-state index in [0.717, 1.165) is 19.3 Å². The van der Waals surface area contributed by atoms with E-state index in [1.165, 1.54) is 135 Å². The average Bonchev–Trinajstić information content (AvgIpc) is 2.76. The summed E-state index contributed by atoms with van der Waals surface area (Å²) in [5, 5.41) is 9.10. The second-order valence-electron chi connectivity index (χ2n) is 10.2.